The van der Waals surface area contributed by atoms with Crippen LogP contribution in [0.15, 0.2) is 24.3 Å². The van der Waals surface area contributed by atoms with Gasteiger partial charge in [0.1, 0.15) is 0 Å². The molecule has 4 heteroatoms. The van der Waals surface area contributed by atoms with Crippen LogP contribution in [0.3, 0.4) is 0 Å². The number of likely N-dealkylation sites (N-methyl/N-ethyl adjacent to an activating group) is 1. The van der Waals surface area contributed by atoms with Gasteiger partial charge in [0.2, 0.25) is 0 Å². The summed E-state index contributed by atoms with van der Waals surface area (Å²) >= 11 is 0. The summed E-state index contributed by atoms with van der Waals surface area (Å²) in [5, 5.41) is 9.82. The number of hydrogen-bond acceptors (Lipinski definition) is 3. The number of hydrogen-bond donors (Lipinski definition) is 1. The van der Waals surface area contributed by atoms with Gasteiger partial charge >= 0.3 is 0 Å². The molecule has 0 bridgehead atoms. The molecule has 1 aromatic carbocycles. The maximum absolute atomic E-state index is 12.3. The molecule has 0 heterocycles. The number of nitrogens with zero attached hydrogens (tertiary/aromatic N) is 1. The standard InChI is InChI=1S/C15H23NO3/c1-5-16(11-15(2,3)18)14(17)13-8-6-12(7-9-13)10-19-4/h6-9,18H,5,10-11H2,1-4H3. The van der Waals surface area contributed by atoms with Crippen LogP contribution in [0.5, 0.6) is 0 Å². The zero-order chi connectivity index (χ0) is 14.5. The SMILES string of the molecule is CCN(CC(C)(C)O)C(=O)c1ccc(COC)cc1. The summed E-state index contributed by atoms with van der Waals surface area (Å²) in [6.45, 7) is 6.73. The first-order valence-corrected chi connectivity index (χ1v) is 6.47. The van der Waals surface area contributed by atoms with Crippen LogP contribution in [0.2, 0.25) is 0 Å². The first-order chi connectivity index (χ1) is 8.87. The van der Waals surface area contributed by atoms with E-state index in [2.05, 4.69) is 0 Å². The van der Waals surface area contributed by atoms with Crippen molar-refractivity contribution in [2.75, 3.05) is 20.2 Å². The molecule has 0 aliphatic heterocycles. The van der Waals surface area contributed by atoms with E-state index in [0.29, 0.717) is 25.3 Å². The van der Waals surface area contributed by atoms with Crippen molar-refractivity contribution in [1.82, 2.24) is 4.90 Å². The minimum absolute atomic E-state index is 0.0615. The average Bonchev–Trinajstić information content (AvgIpc) is 2.35. The molecular weight excluding hydrogens is 242 g/mol. The maximum Gasteiger partial charge on any atom is 0.253 e. The van der Waals surface area contributed by atoms with Crippen molar-refractivity contribution < 1.29 is 14.6 Å². The second kappa shape index (κ2) is 6.68. The van der Waals surface area contributed by atoms with E-state index in [1.807, 2.05) is 19.1 Å². The number of carbonyl (C=O) groups is 1. The van der Waals surface area contributed by atoms with Gasteiger partial charge in [-0.05, 0) is 38.5 Å². The second-order valence-electron chi connectivity index (χ2n) is 5.26. The molecule has 19 heavy (non-hydrogen) atoms. The number of methoxy groups -OCH3 is 1. The van der Waals surface area contributed by atoms with E-state index in [4.69, 9.17) is 4.74 Å². The highest BCUT2D eigenvalue weighted by molar-refractivity contribution is 5.94. The van der Waals surface area contributed by atoms with Crippen LogP contribution in [0.25, 0.3) is 0 Å². The van der Waals surface area contributed by atoms with E-state index in [0.717, 1.165) is 5.56 Å². The Bertz CT molecular complexity index is 406. The number of carbonyl (C=O) groups excluding carboxylic acids is 1. The molecule has 1 aromatic rings. The molecular formula is C15H23NO3. The number of ether oxygens (including phenoxy) is 1. The van der Waals surface area contributed by atoms with Crippen LogP contribution in [-0.4, -0.2) is 41.7 Å². The third kappa shape index (κ3) is 5.01. The van der Waals surface area contributed by atoms with Crippen molar-refractivity contribution in [3.8, 4) is 0 Å². The van der Waals surface area contributed by atoms with Crippen LogP contribution < -0.4 is 0 Å². The van der Waals surface area contributed by atoms with Crippen LogP contribution in [0.1, 0.15) is 36.7 Å². The number of rotatable bonds is 6. The van der Waals surface area contributed by atoms with Gasteiger partial charge in [0.15, 0.2) is 0 Å². The van der Waals surface area contributed by atoms with Crippen molar-refractivity contribution in [3.05, 3.63) is 35.4 Å². The smallest absolute Gasteiger partial charge is 0.253 e. The van der Waals surface area contributed by atoms with E-state index in [1.165, 1.54) is 0 Å². The second-order valence-corrected chi connectivity index (χ2v) is 5.26. The Balaban J connectivity index is 2.79. The molecule has 1 rings (SSSR count). The minimum Gasteiger partial charge on any atom is -0.389 e. The van der Waals surface area contributed by atoms with Gasteiger partial charge in [-0.25, -0.2) is 0 Å². The number of amides is 1. The fourth-order valence-corrected chi connectivity index (χ4v) is 1.89. The fraction of sp³-hybridized carbons (Fsp3) is 0.533. The predicted molar refractivity (Wildman–Crippen MR) is 75.0 cm³/mol. The van der Waals surface area contributed by atoms with Crippen LogP contribution in [0.4, 0.5) is 0 Å². The molecule has 0 atom stereocenters. The van der Waals surface area contributed by atoms with Crippen molar-refractivity contribution in [1.29, 1.82) is 0 Å². The molecule has 106 valence electrons. The van der Waals surface area contributed by atoms with E-state index in [1.54, 1.807) is 38.0 Å². The highest BCUT2D eigenvalue weighted by Gasteiger charge is 2.22. The van der Waals surface area contributed by atoms with Crippen LogP contribution >= 0.6 is 0 Å². The third-order valence-electron chi connectivity index (χ3n) is 2.76. The van der Waals surface area contributed by atoms with E-state index < -0.39 is 5.60 Å². The third-order valence-corrected chi connectivity index (χ3v) is 2.76. The quantitative estimate of drug-likeness (QED) is 0.856. The largest absolute Gasteiger partial charge is 0.389 e. The lowest BCUT2D eigenvalue weighted by molar-refractivity contribution is 0.0314. The normalized spacial score (nSPS) is 11.4. The van der Waals surface area contributed by atoms with Gasteiger partial charge in [-0.2, -0.15) is 0 Å². The lowest BCUT2D eigenvalue weighted by Gasteiger charge is -2.28. The summed E-state index contributed by atoms with van der Waals surface area (Å²) < 4.78 is 5.03. The summed E-state index contributed by atoms with van der Waals surface area (Å²) in [7, 11) is 1.64. The number of benzene rings is 1. The molecule has 0 aliphatic rings. The summed E-state index contributed by atoms with van der Waals surface area (Å²) in [6, 6.07) is 7.36. The molecule has 0 fully saturated rings. The molecule has 0 aromatic heterocycles. The molecule has 0 radical (unpaired) electrons. The van der Waals surface area contributed by atoms with Gasteiger partial charge in [-0.3, -0.25) is 4.79 Å². The van der Waals surface area contributed by atoms with Crippen LogP contribution in [0, 0.1) is 0 Å². The molecule has 4 nitrogen and oxygen atoms in total. The zero-order valence-electron chi connectivity index (χ0n) is 12.1. The lowest BCUT2D eigenvalue weighted by Crippen LogP contribution is -2.42. The highest BCUT2D eigenvalue weighted by atomic mass is 16.5. The van der Waals surface area contributed by atoms with Crippen molar-refractivity contribution in [3.63, 3.8) is 0 Å². The van der Waals surface area contributed by atoms with Crippen molar-refractivity contribution in [2.45, 2.75) is 33.0 Å². The summed E-state index contributed by atoms with van der Waals surface area (Å²) in [5.74, 6) is -0.0615. The molecule has 0 unspecified atom stereocenters. The molecule has 1 amide bonds. The minimum atomic E-state index is -0.887. The molecule has 0 saturated heterocycles. The Labute approximate surface area is 115 Å². The first-order valence-electron chi connectivity index (χ1n) is 6.47. The van der Waals surface area contributed by atoms with E-state index >= 15 is 0 Å². The Morgan fingerprint density at radius 3 is 2.32 bits per heavy atom. The predicted octanol–water partition coefficient (Wildman–Crippen LogP) is 2.07. The highest BCUT2D eigenvalue weighted by Crippen LogP contribution is 2.11. The topological polar surface area (TPSA) is 49.8 Å². The van der Waals surface area contributed by atoms with Gasteiger partial charge in [-0.15, -0.1) is 0 Å². The molecule has 1 N–H and O–H groups in total. The van der Waals surface area contributed by atoms with Gasteiger partial charge < -0.3 is 14.7 Å². The Morgan fingerprint density at radius 1 is 1.32 bits per heavy atom. The zero-order valence-corrected chi connectivity index (χ0v) is 12.1. The first kappa shape index (κ1) is 15.7. The Kier molecular flexibility index (Phi) is 5.51. The van der Waals surface area contributed by atoms with Crippen molar-refractivity contribution >= 4 is 5.91 Å². The van der Waals surface area contributed by atoms with Crippen LogP contribution in [-0.2, 0) is 11.3 Å². The molecule has 0 aliphatic carbocycles. The molecule has 0 spiro atoms. The number of aliphatic hydroxyl groups is 1. The summed E-state index contributed by atoms with van der Waals surface area (Å²) in [5.41, 5.74) is 0.775. The lowest BCUT2D eigenvalue weighted by atomic mass is 10.1. The summed E-state index contributed by atoms with van der Waals surface area (Å²) in [4.78, 5) is 14.0. The Hall–Kier alpha value is -1.39. The van der Waals surface area contributed by atoms with Crippen molar-refractivity contribution in [2.24, 2.45) is 0 Å². The molecule has 0 saturated carbocycles. The van der Waals surface area contributed by atoms with E-state index in [-0.39, 0.29) is 5.91 Å². The summed E-state index contributed by atoms with van der Waals surface area (Å²) in [6.07, 6.45) is 0. The van der Waals surface area contributed by atoms with Gasteiger partial charge in [0.25, 0.3) is 5.91 Å². The monoisotopic (exact) mass is 265 g/mol. The van der Waals surface area contributed by atoms with Gasteiger partial charge in [0.05, 0.1) is 12.2 Å². The average molecular weight is 265 g/mol. The maximum atomic E-state index is 12.3. The fourth-order valence-electron chi connectivity index (χ4n) is 1.89. The van der Waals surface area contributed by atoms with Gasteiger partial charge in [0, 0.05) is 25.8 Å². The Morgan fingerprint density at radius 2 is 1.89 bits per heavy atom. The van der Waals surface area contributed by atoms with E-state index in [9.17, 15) is 9.90 Å². The van der Waals surface area contributed by atoms with Gasteiger partial charge in [-0.1, -0.05) is 12.1 Å².